The number of morpholine rings is 1. The van der Waals surface area contributed by atoms with E-state index in [-0.39, 0.29) is 5.60 Å². The summed E-state index contributed by atoms with van der Waals surface area (Å²) in [5, 5.41) is 8.43. The van der Waals surface area contributed by atoms with Gasteiger partial charge in [-0.25, -0.2) is 4.98 Å². The van der Waals surface area contributed by atoms with Gasteiger partial charge in [0.05, 0.1) is 30.8 Å². The summed E-state index contributed by atoms with van der Waals surface area (Å²) in [4.78, 5) is 13.2. The molecule has 0 saturated carbocycles. The molecular formula is C19H21N6O2S+. The average molecular weight is 397 g/mol. The highest BCUT2D eigenvalue weighted by Crippen LogP contribution is 2.43. The van der Waals surface area contributed by atoms with E-state index in [1.165, 1.54) is 16.5 Å². The summed E-state index contributed by atoms with van der Waals surface area (Å²) in [6, 6.07) is 0. The molecule has 6 heterocycles. The van der Waals surface area contributed by atoms with Crippen molar-refractivity contribution in [1.29, 1.82) is 0 Å². The van der Waals surface area contributed by atoms with Crippen LogP contribution in [0.1, 0.15) is 25.0 Å². The van der Waals surface area contributed by atoms with Crippen LogP contribution in [0.3, 0.4) is 0 Å². The van der Waals surface area contributed by atoms with E-state index in [2.05, 4.69) is 28.9 Å². The van der Waals surface area contributed by atoms with E-state index in [1.807, 2.05) is 10.7 Å². The number of hydrogen-bond acceptors (Lipinski definition) is 7. The molecule has 2 aliphatic rings. The van der Waals surface area contributed by atoms with Crippen LogP contribution < -0.4 is 9.30 Å². The summed E-state index contributed by atoms with van der Waals surface area (Å²) in [7, 11) is 0. The van der Waals surface area contributed by atoms with Crippen LogP contribution in [0, 0.1) is 0 Å². The molecule has 6 rings (SSSR count). The van der Waals surface area contributed by atoms with Gasteiger partial charge in [-0.3, -0.25) is 0 Å². The van der Waals surface area contributed by atoms with Crippen molar-refractivity contribution in [3.63, 3.8) is 0 Å². The van der Waals surface area contributed by atoms with Crippen molar-refractivity contribution < 1.29 is 13.9 Å². The molecule has 1 N–H and O–H groups in total. The van der Waals surface area contributed by atoms with E-state index in [0.717, 1.165) is 59.2 Å². The molecule has 28 heavy (non-hydrogen) atoms. The maximum atomic E-state index is 6.18. The van der Waals surface area contributed by atoms with Gasteiger partial charge in [0.1, 0.15) is 15.3 Å². The molecule has 4 aromatic heterocycles. The fraction of sp³-hybridized carbons (Fsp3) is 0.474. The Morgan fingerprint density at radius 2 is 2.07 bits per heavy atom. The molecule has 8 nitrogen and oxygen atoms in total. The fourth-order valence-electron chi connectivity index (χ4n) is 4.27. The molecule has 0 aliphatic carbocycles. The first-order valence-corrected chi connectivity index (χ1v) is 10.4. The number of pyridine rings is 1. The summed E-state index contributed by atoms with van der Waals surface area (Å²) < 4.78 is 14.7. The third-order valence-electron chi connectivity index (χ3n) is 5.67. The highest BCUT2D eigenvalue weighted by molar-refractivity contribution is 7.26. The third-order valence-corrected chi connectivity index (χ3v) is 6.74. The maximum Gasteiger partial charge on any atom is 0.252 e. The van der Waals surface area contributed by atoms with Crippen LogP contribution >= 0.6 is 11.3 Å². The third kappa shape index (κ3) is 2.36. The Bertz CT molecular complexity index is 1220. The van der Waals surface area contributed by atoms with Crippen LogP contribution in [0.4, 0.5) is 5.82 Å². The Labute approximate surface area is 165 Å². The van der Waals surface area contributed by atoms with Gasteiger partial charge < -0.3 is 14.4 Å². The number of hydrogen-bond donors (Lipinski definition) is 1. The molecule has 0 atom stereocenters. The highest BCUT2D eigenvalue weighted by Gasteiger charge is 2.34. The predicted octanol–water partition coefficient (Wildman–Crippen LogP) is 1.99. The molecule has 0 aromatic carbocycles. The minimum Gasteiger partial charge on any atom is -0.378 e. The van der Waals surface area contributed by atoms with Gasteiger partial charge in [0, 0.05) is 25.1 Å². The van der Waals surface area contributed by atoms with E-state index >= 15 is 0 Å². The normalized spacial score (nSPS) is 19.6. The van der Waals surface area contributed by atoms with E-state index in [1.54, 1.807) is 17.7 Å². The van der Waals surface area contributed by atoms with Crippen LogP contribution in [0.5, 0.6) is 0 Å². The molecule has 9 heteroatoms. The lowest BCUT2D eigenvalue weighted by atomic mass is 9.90. The Morgan fingerprint density at radius 1 is 1.21 bits per heavy atom. The number of nitrogens with zero attached hydrogens (tertiary/aromatic N) is 5. The lowest BCUT2D eigenvalue weighted by Gasteiger charge is -2.36. The zero-order valence-electron chi connectivity index (χ0n) is 15.9. The van der Waals surface area contributed by atoms with E-state index < -0.39 is 0 Å². The molecule has 0 amide bonds. The smallest absolute Gasteiger partial charge is 0.252 e. The Hall–Kier alpha value is -2.36. The summed E-state index contributed by atoms with van der Waals surface area (Å²) in [5.74, 6) is 1.04. The predicted molar refractivity (Wildman–Crippen MR) is 106 cm³/mol. The number of aromatic amines is 1. The number of thiophene rings is 1. The standard InChI is InChI=1S/C19H20N6O2S/c1-19(2)7-11-12(8-27-19)16(24-3-5-26-6-4-24)22-18-13(11)14-15(28-18)17-23-21-10-25(17)9-20-14/h9-10H,3-8H2,1-2H3/p+1. The van der Waals surface area contributed by atoms with Crippen LogP contribution in [0.25, 0.3) is 26.1 Å². The number of ether oxygens (including phenoxy) is 2. The van der Waals surface area contributed by atoms with Gasteiger partial charge in [-0.05, 0) is 24.5 Å². The van der Waals surface area contributed by atoms with Gasteiger partial charge in [-0.15, -0.1) is 16.3 Å². The van der Waals surface area contributed by atoms with Crippen LogP contribution in [0.15, 0.2) is 12.7 Å². The second kappa shape index (κ2) is 5.82. The minimum atomic E-state index is -0.204. The Balaban J connectivity index is 1.69. The minimum absolute atomic E-state index is 0.204. The van der Waals surface area contributed by atoms with Crippen molar-refractivity contribution in [2.24, 2.45) is 0 Å². The molecule has 0 spiro atoms. The number of H-pyrrole nitrogens is 1. The topological polar surface area (TPSA) is 80.3 Å². The molecule has 4 aromatic rings. The highest BCUT2D eigenvalue weighted by atomic mass is 32.1. The van der Waals surface area contributed by atoms with Gasteiger partial charge in [0.25, 0.3) is 5.65 Å². The molecule has 1 fully saturated rings. The first-order valence-electron chi connectivity index (χ1n) is 9.55. The van der Waals surface area contributed by atoms with Crippen LogP contribution in [-0.2, 0) is 22.5 Å². The largest absolute Gasteiger partial charge is 0.378 e. The zero-order valence-corrected chi connectivity index (χ0v) is 16.7. The number of anilines is 1. The SMILES string of the molecule is CC1(C)Cc2c(c(N3CCOCC3)nc3sc4c(nc[n+]5cn[nH]c45)c23)CO1. The van der Waals surface area contributed by atoms with Gasteiger partial charge in [0.2, 0.25) is 12.7 Å². The van der Waals surface area contributed by atoms with E-state index in [4.69, 9.17) is 19.4 Å². The van der Waals surface area contributed by atoms with Crippen molar-refractivity contribution in [3.05, 3.63) is 23.8 Å². The van der Waals surface area contributed by atoms with Crippen LogP contribution in [-0.4, -0.2) is 52.1 Å². The lowest BCUT2D eigenvalue weighted by molar-refractivity contribution is -0.514. The Morgan fingerprint density at radius 3 is 2.93 bits per heavy atom. The van der Waals surface area contributed by atoms with Gasteiger partial charge in [-0.1, -0.05) is 0 Å². The van der Waals surface area contributed by atoms with Gasteiger partial charge in [0.15, 0.2) is 5.52 Å². The fourth-order valence-corrected chi connectivity index (χ4v) is 5.41. The van der Waals surface area contributed by atoms with Crippen molar-refractivity contribution in [1.82, 2.24) is 20.2 Å². The van der Waals surface area contributed by atoms with Crippen molar-refractivity contribution in [3.8, 4) is 0 Å². The summed E-state index contributed by atoms with van der Waals surface area (Å²) in [6.45, 7) is 8.08. The van der Waals surface area contributed by atoms with Crippen molar-refractivity contribution >= 4 is 43.2 Å². The van der Waals surface area contributed by atoms with E-state index in [0.29, 0.717) is 6.61 Å². The van der Waals surface area contributed by atoms with Gasteiger partial charge >= 0.3 is 0 Å². The average Bonchev–Trinajstić information content (AvgIpc) is 3.31. The number of fused-ring (bicyclic) bond motifs is 7. The summed E-state index contributed by atoms with van der Waals surface area (Å²) >= 11 is 1.68. The number of rotatable bonds is 1. The van der Waals surface area contributed by atoms with Gasteiger partial charge in [-0.2, -0.15) is 9.50 Å². The van der Waals surface area contributed by atoms with E-state index in [9.17, 15) is 0 Å². The molecule has 0 bridgehead atoms. The first-order chi connectivity index (χ1) is 13.6. The Kier molecular flexibility index (Phi) is 3.45. The monoisotopic (exact) mass is 397 g/mol. The second-order valence-corrected chi connectivity index (χ2v) is 9.03. The molecule has 144 valence electrons. The quantitative estimate of drug-likeness (QED) is 0.495. The molecule has 0 unspecified atom stereocenters. The lowest BCUT2D eigenvalue weighted by Crippen LogP contribution is -2.39. The zero-order chi connectivity index (χ0) is 18.9. The molecule has 2 aliphatic heterocycles. The van der Waals surface area contributed by atoms with Crippen molar-refractivity contribution in [2.75, 3.05) is 31.2 Å². The molecule has 1 saturated heterocycles. The second-order valence-electron chi connectivity index (χ2n) is 8.03. The first kappa shape index (κ1) is 16.6. The summed E-state index contributed by atoms with van der Waals surface area (Å²) in [6.07, 6.45) is 4.41. The van der Waals surface area contributed by atoms with Crippen LogP contribution in [0.2, 0.25) is 0 Å². The number of aromatic nitrogens is 5. The molecule has 0 radical (unpaired) electrons. The maximum absolute atomic E-state index is 6.18. The van der Waals surface area contributed by atoms with Crippen molar-refractivity contribution in [2.45, 2.75) is 32.5 Å². The molecular weight excluding hydrogens is 376 g/mol. The number of nitrogens with one attached hydrogen (secondary N) is 1. The summed E-state index contributed by atoms with van der Waals surface area (Å²) in [5.41, 5.74) is 4.28.